The van der Waals surface area contributed by atoms with E-state index in [0.717, 1.165) is 5.56 Å². The van der Waals surface area contributed by atoms with Gasteiger partial charge in [-0.2, -0.15) is 0 Å². The van der Waals surface area contributed by atoms with E-state index in [-0.39, 0.29) is 30.3 Å². The summed E-state index contributed by atoms with van der Waals surface area (Å²) >= 11 is 0. The minimum atomic E-state index is -0.874. The SMILES string of the molecule is O=C(OCC1O[C@H]1c1ccccc1)Oc1ccc([N+](=O)[O-])cc1. The third-order valence-corrected chi connectivity index (χ3v) is 3.32. The smallest absolute Gasteiger partial charge is 0.431 e. The lowest BCUT2D eigenvalue weighted by Crippen LogP contribution is -2.14. The largest absolute Gasteiger partial charge is 0.513 e. The molecule has 1 fully saturated rings. The van der Waals surface area contributed by atoms with Crippen molar-refractivity contribution in [3.8, 4) is 5.75 Å². The fourth-order valence-electron chi connectivity index (χ4n) is 2.12. The number of rotatable bonds is 5. The molecule has 0 N–H and O–H groups in total. The van der Waals surface area contributed by atoms with Crippen LogP contribution in [-0.4, -0.2) is 23.8 Å². The van der Waals surface area contributed by atoms with Crippen molar-refractivity contribution in [1.29, 1.82) is 0 Å². The van der Waals surface area contributed by atoms with Crippen molar-refractivity contribution in [3.05, 3.63) is 70.3 Å². The molecule has 7 heteroatoms. The highest BCUT2D eigenvalue weighted by atomic mass is 16.7. The molecule has 1 aliphatic heterocycles. The maximum atomic E-state index is 11.6. The van der Waals surface area contributed by atoms with E-state index in [1.165, 1.54) is 24.3 Å². The fourth-order valence-corrected chi connectivity index (χ4v) is 2.12. The summed E-state index contributed by atoms with van der Waals surface area (Å²) in [6, 6.07) is 14.8. The van der Waals surface area contributed by atoms with E-state index in [1.54, 1.807) is 0 Å². The van der Waals surface area contributed by atoms with Crippen LogP contribution in [0.2, 0.25) is 0 Å². The highest BCUT2D eigenvalue weighted by Crippen LogP contribution is 2.38. The van der Waals surface area contributed by atoms with E-state index in [2.05, 4.69) is 0 Å². The van der Waals surface area contributed by atoms with E-state index < -0.39 is 11.1 Å². The first kappa shape index (κ1) is 15.0. The van der Waals surface area contributed by atoms with E-state index in [4.69, 9.17) is 14.2 Å². The van der Waals surface area contributed by atoms with Gasteiger partial charge in [-0.05, 0) is 17.7 Å². The van der Waals surface area contributed by atoms with Crippen molar-refractivity contribution >= 4 is 11.8 Å². The Morgan fingerprint density at radius 3 is 2.48 bits per heavy atom. The molecule has 0 radical (unpaired) electrons. The molecule has 2 aromatic rings. The first-order chi connectivity index (χ1) is 11.1. The van der Waals surface area contributed by atoms with Gasteiger partial charge < -0.3 is 14.2 Å². The molecule has 0 bridgehead atoms. The summed E-state index contributed by atoms with van der Waals surface area (Å²) in [5, 5.41) is 10.5. The van der Waals surface area contributed by atoms with Gasteiger partial charge in [0.1, 0.15) is 24.6 Å². The summed E-state index contributed by atoms with van der Waals surface area (Å²) in [5.74, 6) is 0.178. The first-order valence-electron chi connectivity index (χ1n) is 6.93. The number of benzene rings is 2. The normalized spacial score (nSPS) is 19.0. The number of ether oxygens (including phenoxy) is 3. The predicted octanol–water partition coefficient (Wildman–Crippen LogP) is 3.25. The van der Waals surface area contributed by atoms with Crippen LogP contribution in [0.5, 0.6) is 5.75 Å². The van der Waals surface area contributed by atoms with Gasteiger partial charge in [0, 0.05) is 12.1 Å². The summed E-state index contributed by atoms with van der Waals surface area (Å²) in [6.07, 6.45) is -1.12. The topological polar surface area (TPSA) is 91.2 Å². The average Bonchev–Trinajstić information content (AvgIpc) is 3.34. The lowest BCUT2D eigenvalue weighted by Gasteiger charge is -2.04. The number of carbonyl (C=O) groups excluding carboxylic acids is 1. The fraction of sp³-hybridized carbons (Fsp3) is 0.188. The van der Waals surface area contributed by atoms with Crippen molar-refractivity contribution < 1.29 is 23.9 Å². The Bertz CT molecular complexity index is 700. The van der Waals surface area contributed by atoms with Crippen LogP contribution in [-0.2, 0) is 9.47 Å². The van der Waals surface area contributed by atoms with Gasteiger partial charge in [-0.1, -0.05) is 30.3 Å². The van der Waals surface area contributed by atoms with Crippen LogP contribution >= 0.6 is 0 Å². The Hall–Kier alpha value is -2.93. The molecule has 0 aromatic heterocycles. The lowest BCUT2D eigenvalue weighted by atomic mass is 10.1. The van der Waals surface area contributed by atoms with Gasteiger partial charge in [0.25, 0.3) is 5.69 Å². The number of nitrogens with zero attached hydrogens (tertiary/aromatic N) is 1. The molecule has 0 saturated carbocycles. The second-order valence-electron chi connectivity index (χ2n) is 4.92. The second-order valence-corrected chi connectivity index (χ2v) is 4.92. The molecule has 23 heavy (non-hydrogen) atoms. The molecule has 0 aliphatic carbocycles. The number of epoxide rings is 1. The van der Waals surface area contributed by atoms with Crippen LogP contribution in [0.3, 0.4) is 0 Å². The molecule has 0 amide bonds. The number of nitro benzene ring substituents is 1. The maximum Gasteiger partial charge on any atom is 0.513 e. The minimum Gasteiger partial charge on any atom is -0.431 e. The van der Waals surface area contributed by atoms with E-state index in [1.807, 2.05) is 30.3 Å². The monoisotopic (exact) mass is 315 g/mol. The van der Waals surface area contributed by atoms with Crippen molar-refractivity contribution in [2.24, 2.45) is 0 Å². The Morgan fingerprint density at radius 1 is 1.13 bits per heavy atom. The highest BCUT2D eigenvalue weighted by molar-refractivity contribution is 5.64. The van der Waals surface area contributed by atoms with Crippen molar-refractivity contribution in [1.82, 2.24) is 0 Å². The van der Waals surface area contributed by atoms with Crippen LogP contribution in [0.4, 0.5) is 10.5 Å². The molecule has 2 aromatic carbocycles. The summed E-state index contributed by atoms with van der Waals surface area (Å²) in [7, 11) is 0. The Morgan fingerprint density at radius 2 is 1.83 bits per heavy atom. The zero-order chi connectivity index (χ0) is 16.2. The van der Waals surface area contributed by atoms with Gasteiger partial charge in [-0.3, -0.25) is 10.1 Å². The molecule has 7 nitrogen and oxygen atoms in total. The summed E-state index contributed by atoms with van der Waals surface area (Å²) < 4.78 is 15.3. The zero-order valence-electron chi connectivity index (χ0n) is 12.0. The summed E-state index contributed by atoms with van der Waals surface area (Å²) in [4.78, 5) is 21.6. The van der Waals surface area contributed by atoms with Gasteiger partial charge >= 0.3 is 6.16 Å². The number of hydrogen-bond acceptors (Lipinski definition) is 6. The molecule has 1 unspecified atom stereocenters. The first-order valence-corrected chi connectivity index (χ1v) is 6.93. The van der Waals surface area contributed by atoms with E-state index in [9.17, 15) is 14.9 Å². The van der Waals surface area contributed by atoms with Gasteiger partial charge in [0.05, 0.1) is 4.92 Å². The molecular weight excluding hydrogens is 302 g/mol. The van der Waals surface area contributed by atoms with Gasteiger partial charge in [-0.25, -0.2) is 4.79 Å². The third-order valence-electron chi connectivity index (χ3n) is 3.32. The van der Waals surface area contributed by atoms with Crippen molar-refractivity contribution in [2.75, 3.05) is 6.61 Å². The molecule has 0 spiro atoms. The molecular formula is C16H13NO6. The number of carbonyl (C=O) groups is 1. The van der Waals surface area contributed by atoms with Gasteiger partial charge in [0.15, 0.2) is 0 Å². The van der Waals surface area contributed by atoms with Crippen molar-refractivity contribution in [2.45, 2.75) is 12.2 Å². The number of non-ortho nitro benzene ring substituents is 1. The highest BCUT2D eigenvalue weighted by Gasteiger charge is 2.41. The molecule has 1 heterocycles. The molecule has 1 aliphatic rings. The average molecular weight is 315 g/mol. The van der Waals surface area contributed by atoms with Crippen molar-refractivity contribution in [3.63, 3.8) is 0 Å². The van der Waals surface area contributed by atoms with Crippen LogP contribution in [0.15, 0.2) is 54.6 Å². The summed E-state index contributed by atoms with van der Waals surface area (Å²) in [5.41, 5.74) is 0.952. The quantitative estimate of drug-likeness (QED) is 0.276. The Balaban J connectivity index is 1.45. The van der Waals surface area contributed by atoms with Gasteiger partial charge in [0.2, 0.25) is 0 Å². The van der Waals surface area contributed by atoms with Crippen LogP contribution < -0.4 is 4.74 Å². The Kier molecular flexibility index (Phi) is 4.20. The lowest BCUT2D eigenvalue weighted by molar-refractivity contribution is -0.384. The molecule has 118 valence electrons. The van der Waals surface area contributed by atoms with Crippen LogP contribution in [0.1, 0.15) is 11.7 Å². The Labute approximate surface area is 131 Å². The number of hydrogen-bond donors (Lipinski definition) is 0. The minimum absolute atomic E-state index is 0.0663. The second kappa shape index (κ2) is 6.45. The number of nitro groups is 1. The predicted molar refractivity (Wildman–Crippen MR) is 79.1 cm³/mol. The third kappa shape index (κ3) is 3.83. The van der Waals surface area contributed by atoms with E-state index in [0.29, 0.717) is 0 Å². The standard InChI is InChI=1S/C16H13NO6/c18-16(22-13-8-6-12(7-9-13)17(19)20)21-10-14-15(23-14)11-4-2-1-3-5-11/h1-9,14-15H,10H2/t14?,15-/m0/s1. The van der Waals surface area contributed by atoms with E-state index >= 15 is 0 Å². The molecule has 1 saturated heterocycles. The summed E-state index contributed by atoms with van der Waals surface area (Å²) in [6.45, 7) is 0.0887. The molecule has 3 rings (SSSR count). The van der Waals surface area contributed by atoms with Gasteiger partial charge in [-0.15, -0.1) is 0 Å². The zero-order valence-corrected chi connectivity index (χ0v) is 12.0. The maximum absolute atomic E-state index is 11.6. The molecule has 2 atom stereocenters. The van der Waals surface area contributed by atoms with Crippen LogP contribution in [0.25, 0.3) is 0 Å². The van der Waals surface area contributed by atoms with Crippen LogP contribution in [0, 0.1) is 10.1 Å².